The third kappa shape index (κ3) is 4.05. The van der Waals surface area contributed by atoms with E-state index in [0.29, 0.717) is 5.69 Å². The normalized spacial score (nSPS) is 13.7. The first-order valence-electron chi connectivity index (χ1n) is 5.47. The van der Waals surface area contributed by atoms with Crippen LogP contribution in [0.15, 0.2) is 23.1 Å². The van der Waals surface area contributed by atoms with Gasteiger partial charge in [-0.25, -0.2) is 8.42 Å². The van der Waals surface area contributed by atoms with Crippen molar-refractivity contribution >= 4 is 27.3 Å². The molecule has 0 radical (unpaired) electrons. The van der Waals surface area contributed by atoms with Gasteiger partial charge in [-0.2, -0.15) is 4.31 Å². The lowest BCUT2D eigenvalue weighted by Gasteiger charge is -2.20. The summed E-state index contributed by atoms with van der Waals surface area (Å²) in [6.07, 6.45) is -0.894. The minimum absolute atomic E-state index is 0.0267. The fourth-order valence-corrected chi connectivity index (χ4v) is 2.97. The number of likely N-dealkylation sites (N-methyl/N-ethyl adjacent to an activating group) is 1. The Kier molecular flexibility index (Phi) is 5.57. The Balaban J connectivity index is 2.93. The number of aliphatic hydroxyl groups excluding tert-OH is 1. The van der Waals surface area contributed by atoms with E-state index in [2.05, 4.69) is 0 Å². The number of benzene rings is 1. The number of methoxy groups -OCH3 is 1. The quantitative estimate of drug-likeness (QED) is 0.749. The topological polar surface area (TPSA) is 92.9 Å². The second-order valence-electron chi connectivity index (χ2n) is 4.08. The predicted octanol–water partition coefficient (Wildman–Crippen LogP) is 0.550. The van der Waals surface area contributed by atoms with Crippen LogP contribution in [0.5, 0.6) is 0 Å². The van der Waals surface area contributed by atoms with E-state index in [4.69, 9.17) is 22.1 Å². The molecule has 1 unspecified atom stereocenters. The van der Waals surface area contributed by atoms with Gasteiger partial charge in [-0.15, -0.1) is 0 Å². The molecule has 0 heterocycles. The fraction of sp³-hybridized carbons (Fsp3) is 0.455. The minimum atomic E-state index is -3.71. The second-order valence-corrected chi connectivity index (χ2v) is 6.53. The summed E-state index contributed by atoms with van der Waals surface area (Å²) < 4.78 is 30.2. The lowest BCUT2D eigenvalue weighted by Crippen LogP contribution is -2.36. The van der Waals surface area contributed by atoms with E-state index in [1.165, 1.54) is 32.4 Å². The summed E-state index contributed by atoms with van der Waals surface area (Å²) in [6.45, 7) is -0.0134. The van der Waals surface area contributed by atoms with E-state index in [-0.39, 0.29) is 23.1 Å². The third-order valence-corrected chi connectivity index (χ3v) is 4.65. The van der Waals surface area contributed by atoms with Gasteiger partial charge in [0.2, 0.25) is 10.0 Å². The molecular formula is C11H17ClN2O4S. The molecule has 0 aliphatic carbocycles. The lowest BCUT2D eigenvalue weighted by atomic mass is 10.3. The molecule has 0 fully saturated rings. The van der Waals surface area contributed by atoms with E-state index in [0.717, 1.165) is 4.31 Å². The highest BCUT2D eigenvalue weighted by Gasteiger charge is 2.23. The van der Waals surface area contributed by atoms with E-state index in [1.807, 2.05) is 0 Å². The number of nitrogens with two attached hydrogens (primary N) is 1. The third-order valence-electron chi connectivity index (χ3n) is 2.51. The van der Waals surface area contributed by atoms with Crippen molar-refractivity contribution in [2.75, 3.05) is 33.0 Å². The fourth-order valence-electron chi connectivity index (χ4n) is 1.49. The number of nitrogen functional groups attached to an aromatic ring is 1. The Hall–Kier alpha value is -0.860. The zero-order valence-corrected chi connectivity index (χ0v) is 12.3. The zero-order valence-electron chi connectivity index (χ0n) is 10.7. The molecule has 1 aromatic carbocycles. The highest BCUT2D eigenvalue weighted by Crippen LogP contribution is 2.24. The Morgan fingerprint density at radius 2 is 2.16 bits per heavy atom. The van der Waals surface area contributed by atoms with Gasteiger partial charge in [-0.3, -0.25) is 0 Å². The summed E-state index contributed by atoms with van der Waals surface area (Å²) in [5, 5.41) is 9.72. The van der Waals surface area contributed by atoms with Crippen molar-refractivity contribution < 1.29 is 18.3 Å². The predicted molar refractivity (Wildman–Crippen MR) is 73.6 cm³/mol. The van der Waals surface area contributed by atoms with E-state index in [9.17, 15) is 13.5 Å². The average Bonchev–Trinajstić information content (AvgIpc) is 2.32. The van der Waals surface area contributed by atoms with Crippen molar-refractivity contribution in [1.29, 1.82) is 0 Å². The Bertz CT molecular complexity index is 535. The highest BCUT2D eigenvalue weighted by molar-refractivity contribution is 7.89. The molecule has 108 valence electrons. The molecule has 0 amide bonds. The van der Waals surface area contributed by atoms with Crippen molar-refractivity contribution in [3.8, 4) is 0 Å². The first-order chi connectivity index (χ1) is 8.78. The largest absolute Gasteiger partial charge is 0.398 e. The van der Waals surface area contributed by atoms with Gasteiger partial charge < -0.3 is 15.6 Å². The number of aliphatic hydroxyl groups is 1. The van der Waals surface area contributed by atoms with Crippen LogP contribution in [0.4, 0.5) is 5.69 Å². The molecule has 0 aromatic heterocycles. The molecule has 3 N–H and O–H groups in total. The van der Waals surface area contributed by atoms with Crippen LogP contribution in [-0.4, -0.2) is 51.2 Å². The maximum absolute atomic E-state index is 12.2. The molecule has 0 bridgehead atoms. The molecule has 8 heteroatoms. The van der Waals surface area contributed by atoms with Gasteiger partial charge in [0.15, 0.2) is 0 Å². The van der Waals surface area contributed by atoms with Crippen molar-refractivity contribution in [3.63, 3.8) is 0 Å². The van der Waals surface area contributed by atoms with Gasteiger partial charge in [-0.1, -0.05) is 11.6 Å². The van der Waals surface area contributed by atoms with Gasteiger partial charge in [0.1, 0.15) is 0 Å². The maximum Gasteiger partial charge on any atom is 0.242 e. The summed E-state index contributed by atoms with van der Waals surface area (Å²) in [7, 11) is -0.912. The van der Waals surface area contributed by atoms with Crippen molar-refractivity contribution in [2.45, 2.75) is 11.0 Å². The second kappa shape index (κ2) is 6.53. The SMILES string of the molecule is COCC(O)CN(C)S(=O)(=O)c1ccc(N)c(Cl)c1. The molecule has 1 rings (SSSR count). The molecule has 0 spiro atoms. The number of halogens is 1. The summed E-state index contributed by atoms with van der Waals surface area (Å²) in [5.74, 6) is 0. The minimum Gasteiger partial charge on any atom is -0.398 e. The Morgan fingerprint density at radius 1 is 1.53 bits per heavy atom. The first kappa shape index (κ1) is 16.2. The molecule has 1 atom stereocenters. The summed E-state index contributed by atoms with van der Waals surface area (Å²) in [5.41, 5.74) is 5.84. The van der Waals surface area contributed by atoms with Crippen LogP contribution < -0.4 is 5.73 Å². The van der Waals surface area contributed by atoms with Gasteiger partial charge in [0.05, 0.1) is 28.3 Å². The number of nitrogens with zero attached hydrogens (tertiary/aromatic N) is 1. The average molecular weight is 309 g/mol. The van der Waals surface area contributed by atoms with Crippen LogP contribution in [0.3, 0.4) is 0 Å². The van der Waals surface area contributed by atoms with Crippen molar-refractivity contribution in [2.24, 2.45) is 0 Å². The van der Waals surface area contributed by atoms with Gasteiger partial charge in [-0.05, 0) is 18.2 Å². The van der Waals surface area contributed by atoms with Gasteiger partial charge in [0, 0.05) is 20.7 Å². The molecule has 0 aliphatic rings. The van der Waals surface area contributed by atoms with Crippen molar-refractivity contribution in [1.82, 2.24) is 4.31 Å². The number of rotatable bonds is 6. The van der Waals surface area contributed by atoms with Crippen LogP contribution in [0.2, 0.25) is 5.02 Å². The molecular weight excluding hydrogens is 292 g/mol. The van der Waals surface area contributed by atoms with Crippen LogP contribution >= 0.6 is 11.6 Å². The zero-order chi connectivity index (χ0) is 14.6. The Morgan fingerprint density at radius 3 is 2.68 bits per heavy atom. The van der Waals surface area contributed by atoms with Crippen LogP contribution in [0.25, 0.3) is 0 Å². The summed E-state index contributed by atoms with van der Waals surface area (Å²) >= 11 is 5.80. The molecule has 19 heavy (non-hydrogen) atoms. The maximum atomic E-state index is 12.2. The van der Waals surface area contributed by atoms with E-state index in [1.54, 1.807) is 0 Å². The molecule has 1 aromatic rings. The Labute approximate surface area is 117 Å². The number of hydrogen-bond acceptors (Lipinski definition) is 5. The highest BCUT2D eigenvalue weighted by atomic mass is 35.5. The number of anilines is 1. The van der Waals surface area contributed by atoms with Gasteiger partial charge in [0.25, 0.3) is 0 Å². The molecule has 6 nitrogen and oxygen atoms in total. The summed E-state index contributed by atoms with van der Waals surface area (Å²) in [4.78, 5) is 0.0267. The molecule has 0 aliphatic heterocycles. The van der Waals surface area contributed by atoms with Crippen molar-refractivity contribution in [3.05, 3.63) is 23.2 Å². The van der Waals surface area contributed by atoms with Gasteiger partial charge >= 0.3 is 0 Å². The lowest BCUT2D eigenvalue weighted by molar-refractivity contribution is 0.0554. The van der Waals surface area contributed by atoms with E-state index < -0.39 is 16.1 Å². The molecule has 0 saturated heterocycles. The van der Waals surface area contributed by atoms with Crippen LogP contribution in [0, 0.1) is 0 Å². The van der Waals surface area contributed by atoms with Crippen LogP contribution in [0.1, 0.15) is 0 Å². The standard InChI is InChI=1S/C11H17ClN2O4S/c1-14(6-8(15)7-18-2)19(16,17)9-3-4-11(13)10(12)5-9/h3-5,8,15H,6-7,13H2,1-2H3. The van der Waals surface area contributed by atoms with E-state index >= 15 is 0 Å². The first-order valence-corrected chi connectivity index (χ1v) is 7.29. The number of ether oxygens (including phenoxy) is 1. The number of hydrogen-bond donors (Lipinski definition) is 2. The monoisotopic (exact) mass is 308 g/mol. The summed E-state index contributed by atoms with van der Waals surface area (Å²) in [6, 6.07) is 4.08. The van der Waals surface area contributed by atoms with Crippen LogP contribution in [-0.2, 0) is 14.8 Å². The number of sulfonamides is 1. The molecule has 0 saturated carbocycles. The smallest absolute Gasteiger partial charge is 0.242 e.